The molecule has 0 saturated carbocycles. The number of ether oxygens (including phenoxy) is 1. The summed E-state index contributed by atoms with van der Waals surface area (Å²) in [7, 11) is -3.78. The maximum absolute atomic E-state index is 13.3. The molecule has 0 bridgehead atoms. The van der Waals surface area contributed by atoms with E-state index in [1.165, 1.54) is 24.5 Å². The van der Waals surface area contributed by atoms with Crippen LogP contribution in [0.5, 0.6) is 0 Å². The summed E-state index contributed by atoms with van der Waals surface area (Å²) in [6.45, 7) is 3.91. The highest BCUT2D eigenvalue weighted by Gasteiger charge is 2.17. The second-order valence-corrected chi connectivity index (χ2v) is 4.95. The quantitative estimate of drug-likeness (QED) is 0.598. The molecule has 0 atom stereocenters. The van der Waals surface area contributed by atoms with E-state index in [0.29, 0.717) is 13.0 Å². The van der Waals surface area contributed by atoms with Crippen molar-refractivity contribution in [1.29, 1.82) is 0 Å². The fourth-order valence-electron chi connectivity index (χ4n) is 1.19. The van der Waals surface area contributed by atoms with E-state index in [1.807, 2.05) is 0 Å². The molecular weight excluding hydrogens is 245 g/mol. The van der Waals surface area contributed by atoms with E-state index >= 15 is 0 Å². The number of hydrogen-bond donors (Lipinski definition) is 1. The van der Waals surface area contributed by atoms with Crippen molar-refractivity contribution < 1.29 is 17.5 Å². The molecule has 1 N–H and O–H groups in total. The highest BCUT2D eigenvalue weighted by Crippen LogP contribution is 2.12. The zero-order chi connectivity index (χ0) is 12.7. The number of halogens is 1. The number of benzene rings is 1. The minimum absolute atomic E-state index is 0.185. The van der Waals surface area contributed by atoms with Crippen molar-refractivity contribution in [3.8, 4) is 0 Å². The highest BCUT2D eigenvalue weighted by atomic mass is 32.2. The maximum atomic E-state index is 13.3. The summed E-state index contributed by atoms with van der Waals surface area (Å²) in [5.74, 6) is -0.762. The predicted octanol–water partition coefficient (Wildman–Crippen LogP) is 1.65. The minimum Gasteiger partial charge on any atom is -0.502 e. The fourth-order valence-corrected chi connectivity index (χ4v) is 2.34. The molecule has 0 saturated heterocycles. The molecule has 0 heterocycles. The molecular formula is C11H14FNO3S. The van der Waals surface area contributed by atoms with Gasteiger partial charge in [0.25, 0.3) is 0 Å². The third kappa shape index (κ3) is 4.16. The van der Waals surface area contributed by atoms with Gasteiger partial charge in [-0.15, -0.1) is 0 Å². The summed E-state index contributed by atoms with van der Waals surface area (Å²) < 4.78 is 43.7. The molecule has 0 aliphatic rings. The Hall–Kier alpha value is -1.40. The lowest BCUT2D eigenvalue weighted by Crippen LogP contribution is -2.26. The number of sulfonamides is 1. The maximum Gasteiger partial charge on any atom is 0.243 e. The summed E-state index contributed by atoms with van der Waals surface area (Å²) in [4.78, 5) is -0.343. The van der Waals surface area contributed by atoms with Crippen molar-refractivity contribution in [2.45, 2.75) is 11.3 Å². The Labute approximate surface area is 100 Å². The van der Waals surface area contributed by atoms with Crippen molar-refractivity contribution in [1.82, 2.24) is 4.72 Å². The van der Waals surface area contributed by atoms with Crippen LogP contribution in [0, 0.1) is 5.82 Å². The fraction of sp³-hybridized carbons (Fsp3) is 0.273. The van der Waals surface area contributed by atoms with Crippen LogP contribution in [0.15, 0.2) is 42.0 Å². The van der Waals surface area contributed by atoms with Crippen LogP contribution < -0.4 is 4.72 Å². The molecule has 1 rings (SSSR count). The lowest BCUT2D eigenvalue weighted by molar-refractivity contribution is 0.247. The second kappa shape index (κ2) is 6.36. The number of rotatable bonds is 7. The van der Waals surface area contributed by atoms with Crippen molar-refractivity contribution in [2.24, 2.45) is 0 Å². The van der Waals surface area contributed by atoms with Crippen LogP contribution in [-0.2, 0) is 14.8 Å². The first-order valence-corrected chi connectivity index (χ1v) is 6.53. The van der Waals surface area contributed by atoms with Gasteiger partial charge in [-0.05, 0) is 18.6 Å². The van der Waals surface area contributed by atoms with Gasteiger partial charge in [0.2, 0.25) is 10.0 Å². The topological polar surface area (TPSA) is 55.4 Å². The van der Waals surface area contributed by atoms with E-state index < -0.39 is 15.8 Å². The second-order valence-electron chi connectivity index (χ2n) is 3.22. The summed E-state index contributed by atoms with van der Waals surface area (Å²) >= 11 is 0. The molecule has 0 aromatic heterocycles. The molecule has 0 aliphatic carbocycles. The molecule has 4 nitrogen and oxygen atoms in total. The van der Waals surface area contributed by atoms with Gasteiger partial charge in [-0.2, -0.15) is 0 Å². The monoisotopic (exact) mass is 259 g/mol. The average Bonchev–Trinajstić information content (AvgIpc) is 2.29. The highest BCUT2D eigenvalue weighted by molar-refractivity contribution is 7.89. The molecule has 17 heavy (non-hydrogen) atoms. The Morgan fingerprint density at radius 3 is 2.76 bits per heavy atom. The molecule has 0 unspecified atom stereocenters. The molecule has 1 aromatic carbocycles. The van der Waals surface area contributed by atoms with E-state index in [-0.39, 0.29) is 11.4 Å². The normalized spacial score (nSPS) is 11.1. The number of hydrogen-bond acceptors (Lipinski definition) is 3. The average molecular weight is 259 g/mol. The lowest BCUT2D eigenvalue weighted by atomic mass is 10.4. The van der Waals surface area contributed by atoms with Gasteiger partial charge in [0.15, 0.2) is 0 Å². The smallest absolute Gasteiger partial charge is 0.243 e. The van der Waals surface area contributed by atoms with Gasteiger partial charge in [-0.25, -0.2) is 17.5 Å². The Balaban J connectivity index is 2.58. The number of nitrogens with one attached hydrogen (secondary N) is 1. The third-order valence-electron chi connectivity index (χ3n) is 1.98. The molecule has 0 radical (unpaired) electrons. The Morgan fingerprint density at radius 1 is 1.41 bits per heavy atom. The van der Waals surface area contributed by atoms with Crippen LogP contribution in [0.25, 0.3) is 0 Å². The van der Waals surface area contributed by atoms with E-state index in [1.54, 1.807) is 0 Å². The van der Waals surface area contributed by atoms with Crippen LogP contribution in [0.3, 0.4) is 0 Å². The molecule has 0 spiro atoms. The first kappa shape index (κ1) is 13.7. The van der Waals surface area contributed by atoms with Crippen molar-refractivity contribution in [2.75, 3.05) is 13.2 Å². The van der Waals surface area contributed by atoms with Crippen molar-refractivity contribution >= 4 is 10.0 Å². The van der Waals surface area contributed by atoms with E-state index in [4.69, 9.17) is 4.74 Å². The zero-order valence-electron chi connectivity index (χ0n) is 9.23. The van der Waals surface area contributed by atoms with Crippen LogP contribution in [0.4, 0.5) is 4.39 Å². The summed E-state index contributed by atoms with van der Waals surface area (Å²) in [5, 5.41) is 0. The van der Waals surface area contributed by atoms with E-state index in [9.17, 15) is 12.8 Å². The molecule has 0 fully saturated rings. The predicted molar refractivity (Wildman–Crippen MR) is 62.4 cm³/mol. The van der Waals surface area contributed by atoms with Gasteiger partial charge in [0.05, 0.1) is 12.9 Å². The van der Waals surface area contributed by atoms with Gasteiger partial charge in [-0.1, -0.05) is 18.7 Å². The van der Waals surface area contributed by atoms with Gasteiger partial charge >= 0.3 is 0 Å². The van der Waals surface area contributed by atoms with Crippen LogP contribution in [-0.4, -0.2) is 21.6 Å². The zero-order valence-corrected chi connectivity index (χ0v) is 10.0. The SMILES string of the molecule is C=COCCCNS(=O)(=O)c1ccccc1F. The van der Waals surface area contributed by atoms with E-state index in [2.05, 4.69) is 11.3 Å². The summed E-state index contributed by atoms with van der Waals surface area (Å²) in [5.41, 5.74) is 0. The van der Waals surface area contributed by atoms with Crippen molar-refractivity contribution in [3.05, 3.63) is 42.9 Å². The van der Waals surface area contributed by atoms with Crippen LogP contribution in [0.1, 0.15) is 6.42 Å². The van der Waals surface area contributed by atoms with Crippen LogP contribution in [0.2, 0.25) is 0 Å². The third-order valence-corrected chi connectivity index (χ3v) is 3.47. The molecule has 0 aliphatic heterocycles. The molecule has 0 amide bonds. The Bertz CT molecular complexity index is 473. The van der Waals surface area contributed by atoms with E-state index in [0.717, 1.165) is 6.07 Å². The van der Waals surface area contributed by atoms with Gasteiger partial charge in [0, 0.05) is 6.54 Å². The van der Waals surface area contributed by atoms with Crippen molar-refractivity contribution in [3.63, 3.8) is 0 Å². The lowest BCUT2D eigenvalue weighted by Gasteiger charge is -2.07. The largest absolute Gasteiger partial charge is 0.502 e. The Morgan fingerprint density at radius 2 is 2.12 bits per heavy atom. The van der Waals surface area contributed by atoms with Gasteiger partial charge < -0.3 is 4.74 Å². The van der Waals surface area contributed by atoms with Crippen LogP contribution >= 0.6 is 0 Å². The first-order valence-electron chi connectivity index (χ1n) is 5.04. The van der Waals surface area contributed by atoms with Gasteiger partial charge in [0.1, 0.15) is 10.7 Å². The first-order chi connectivity index (χ1) is 8.08. The summed E-state index contributed by atoms with van der Waals surface area (Å²) in [6.07, 6.45) is 1.77. The molecule has 1 aromatic rings. The minimum atomic E-state index is -3.78. The molecule has 6 heteroatoms. The van der Waals surface area contributed by atoms with Gasteiger partial charge in [-0.3, -0.25) is 0 Å². The Kier molecular flexibility index (Phi) is 5.11. The summed E-state index contributed by atoms with van der Waals surface area (Å²) in [6, 6.07) is 5.23. The molecule has 94 valence electrons. The standard InChI is InChI=1S/C11H14FNO3S/c1-2-16-9-5-8-13-17(14,15)11-7-4-3-6-10(11)12/h2-4,6-7,13H,1,5,8-9H2.